The number of hydrogen-bond donors (Lipinski definition) is 1. The van der Waals surface area contributed by atoms with E-state index in [0.29, 0.717) is 29.4 Å². The van der Waals surface area contributed by atoms with E-state index in [4.69, 9.17) is 19.3 Å². The van der Waals surface area contributed by atoms with E-state index in [1.807, 2.05) is 29.2 Å². The fourth-order valence-corrected chi connectivity index (χ4v) is 5.64. The first-order chi connectivity index (χ1) is 17.4. The molecular formula is C27H32N2O6S. The molecule has 192 valence electrons. The summed E-state index contributed by atoms with van der Waals surface area (Å²) in [5.74, 6) is 0.955. The van der Waals surface area contributed by atoms with Crippen LogP contribution in [-0.2, 0) is 17.6 Å². The summed E-state index contributed by atoms with van der Waals surface area (Å²) in [6.07, 6.45) is 2.58. The number of hydrogen-bond acceptors (Lipinski definition) is 7. The third-order valence-electron chi connectivity index (χ3n) is 6.52. The Labute approximate surface area is 215 Å². The normalized spacial score (nSPS) is 13.2. The smallest absolute Gasteiger partial charge is 0.341 e. The Hall–Kier alpha value is -3.30. The van der Waals surface area contributed by atoms with Crippen molar-refractivity contribution in [3.63, 3.8) is 0 Å². The van der Waals surface area contributed by atoms with Gasteiger partial charge in [-0.25, -0.2) is 4.79 Å². The van der Waals surface area contributed by atoms with Gasteiger partial charge in [0.2, 0.25) is 0 Å². The van der Waals surface area contributed by atoms with Crippen molar-refractivity contribution in [1.82, 2.24) is 9.80 Å². The molecule has 1 aromatic heterocycles. The zero-order valence-corrected chi connectivity index (χ0v) is 21.7. The van der Waals surface area contributed by atoms with Gasteiger partial charge in [0, 0.05) is 35.5 Å². The van der Waals surface area contributed by atoms with Gasteiger partial charge >= 0.3 is 5.97 Å². The number of carboxylic acid groups (broad SMARTS) is 1. The van der Waals surface area contributed by atoms with E-state index in [-0.39, 0.29) is 12.5 Å². The summed E-state index contributed by atoms with van der Waals surface area (Å²) >= 11 is 1.64. The quantitative estimate of drug-likeness (QED) is 0.393. The van der Waals surface area contributed by atoms with Gasteiger partial charge in [-0.15, -0.1) is 11.3 Å². The van der Waals surface area contributed by atoms with Gasteiger partial charge in [0.1, 0.15) is 5.75 Å². The second kappa shape index (κ2) is 11.6. The number of carbonyl (C=O) groups excluding carboxylic acids is 1. The second-order valence-corrected chi connectivity index (χ2v) is 9.79. The number of aliphatic carboxylic acids is 1. The second-order valence-electron chi connectivity index (χ2n) is 8.88. The third kappa shape index (κ3) is 5.74. The van der Waals surface area contributed by atoms with Crippen molar-refractivity contribution in [2.75, 3.05) is 54.1 Å². The van der Waals surface area contributed by atoms with Crippen LogP contribution in [-0.4, -0.2) is 80.8 Å². The Morgan fingerprint density at radius 3 is 2.75 bits per heavy atom. The predicted octanol–water partition coefficient (Wildman–Crippen LogP) is 3.94. The first-order valence-corrected chi connectivity index (χ1v) is 12.9. The van der Waals surface area contributed by atoms with Crippen molar-refractivity contribution in [3.8, 4) is 17.2 Å². The molecule has 2 aromatic carbocycles. The number of likely N-dealkylation sites (N-methyl/N-ethyl adjacent to an activating group) is 1. The molecular weight excluding hydrogens is 480 g/mol. The maximum absolute atomic E-state index is 13.0. The number of amides is 1. The molecule has 3 aromatic rings. The minimum atomic E-state index is -0.986. The van der Waals surface area contributed by atoms with E-state index in [1.165, 1.54) is 10.9 Å². The van der Waals surface area contributed by atoms with Gasteiger partial charge < -0.3 is 29.1 Å². The summed E-state index contributed by atoms with van der Waals surface area (Å²) in [6.45, 7) is 2.87. The molecule has 1 N–H and O–H groups in total. The third-order valence-corrected chi connectivity index (χ3v) is 7.51. The molecule has 0 radical (unpaired) electrons. The molecule has 9 heteroatoms. The van der Waals surface area contributed by atoms with E-state index < -0.39 is 5.97 Å². The molecule has 2 heterocycles. The lowest BCUT2D eigenvalue weighted by Crippen LogP contribution is -2.39. The minimum absolute atomic E-state index is 0.0521. The van der Waals surface area contributed by atoms with Crippen molar-refractivity contribution in [3.05, 3.63) is 52.4 Å². The van der Waals surface area contributed by atoms with E-state index in [0.717, 1.165) is 49.2 Å². The number of methoxy groups -OCH3 is 2. The molecule has 0 saturated carbocycles. The predicted molar refractivity (Wildman–Crippen MR) is 140 cm³/mol. The summed E-state index contributed by atoms with van der Waals surface area (Å²) in [6, 6.07) is 9.36. The van der Waals surface area contributed by atoms with E-state index in [2.05, 4.69) is 17.3 Å². The van der Waals surface area contributed by atoms with Crippen molar-refractivity contribution in [2.45, 2.75) is 19.3 Å². The Morgan fingerprint density at radius 2 is 2.00 bits per heavy atom. The monoisotopic (exact) mass is 512 g/mol. The van der Waals surface area contributed by atoms with Gasteiger partial charge in [0.15, 0.2) is 18.1 Å². The number of benzene rings is 2. The molecule has 4 rings (SSSR count). The highest BCUT2D eigenvalue weighted by Crippen LogP contribution is 2.36. The van der Waals surface area contributed by atoms with Crippen molar-refractivity contribution in [1.29, 1.82) is 0 Å². The highest BCUT2D eigenvalue weighted by atomic mass is 32.1. The zero-order valence-electron chi connectivity index (χ0n) is 20.9. The molecule has 0 atom stereocenters. The van der Waals surface area contributed by atoms with Crippen LogP contribution in [0.15, 0.2) is 35.7 Å². The maximum atomic E-state index is 13.0. The number of carbonyl (C=O) groups is 2. The van der Waals surface area contributed by atoms with Gasteiger partial charge in [0.05, 0.1) is 14.2 Å². The lowest BCUT2D eigenvalue weighted by Gasteiger charge is -2.30. The summed E-state index contributed by atoms with van der Waals surface area (Å²) < 4.78 is 17.3. The SMILES string of the molecule is COc1ccc2c(c1OC)CCN(CCCN(C)CCc1csc3cc(OCC(=O)O)ccc13)C2=O. The molecule has 1 aliphatic heterocycles. The fraction of sp³-hybridized carbons (Fsp3) is 0.407. The zero-order chi connectivity index (χ0) is 25.7. The minimum Gasteiger partial charge on any atom is -0.493 e. The molecule has 8 nitrogen and oxygen atoms in total. The summed E-state index contributed by atoms with van der Waals surface area (Å²) in [5, 5.41) is 12.1. The molecule has 0 aliphatic carbocycles. The number of thiophene rings is 1. The van der Waals surface area contributed by atoms with Gasteiger partial charge in [0.25, 0.3) is 5.91 Å². The van der Waals surface area contributed by atoms with Gasteiger partial charge in [-0.3, -0.25) is 4.79 Å². The number of ether oxygens (including phenoxy) is 3. The molecule has 0 saturated heterocycles. The number of fused-ring (bicyclic) bond motifs is 2. The first-order valence-electron chi connectivity index (χ1n) is 12.0. The van der Waals surface area contributed by atoms with Crippen LogP contribution in [0, 0.1) is 0 Å². The van der Waals surface area contributed by atoms with Gasteiger partial charge in [-0.1, -0.05) is 0 Å². The molecule has 36 heavy (non-hydrogen) atoms. The number of rotatable bonds is 12. The molecule has 1 aliphatic rings. The Morgan fingerprint density at radius 1 is 1.17 bits per heavy atom. The molecule has 0 bridgehead atoms. The van der Waals surface area contributed by atoms with Crippen LogP contribution >= 0.6 is 11.3 Å². The molecule has 0 fully saturated rings. The fourth-order valence-electron chi connectivity index (χ4n) is 4.62. The van der Waals surface area contributed by atoms with Gasteiger partial charge in [-0.2, -0.15) is 0 Å². The topological polar surface area (TPSA) is 88.5 Å². The van der Waals surface area contributed by atoms with Crippen LogP contribution in [0.5, 0.6) is 17.2 Å². The highest BCUT2D eigenvalue weighted by Gasteiger charge is 2.28. The number of nitrogens with zero attached hydrogens (tertiary/aromatic N) is 2. The average molecular weight is 513 g/mol. The van der Waals surface area contributed by atoms with Crippen LogP contribution in [0.3, 0.4) is 0 Å². The highest BCUT2D eigenvalue weighted by molar-refractivity contribution is 7.17. The van der Waals surface area contributed by atoms with Crippen LogP contribution in [0.4, 0.5) is 0 Å². The van der Waals surface area contributed by atoms with Crippen molar-refractivity contribution < 1.29 is 28.9 Å². The van der Waals surface area contributed by atoms with E-state index in [9.17, 15) is 9.59 Å². The van der Waals surface area contributed by atoms with Crippen molar-refractivity contribution >= 4 is 33.3 Å². The summed E-state index contributed by atoms with van der Waals surface area (Å²) in [7, 11) is 5.32. The number of carboxylic acids is 1. The molecule has 1 amide bonds. The first kappa shape index (κ1) is 25.8. The Balaban J connectivity index is 1.26. The van der Waals surface area contributed by atoms with Crippen LogP contribution in [0.2, 0.25) is 0 Å². The van der Waals surface area contributed by atoms with Crippen LogP contribution in [0.1, 0.15) is 27.9 Å². The van der Waals surface area contributed by atoms with Gasteiger partial charge in [-0.05, 0) is 79.5 Å². The largest absolute Gasteiger partial charge is 0.493 e. The maximum Gasteiger partial charge on any atom is 0.341 e. The van der Waals surface area contributed by atoms with E-state index in [1.54, 1.807) is 31.6 Å². The van der Waals surface area contributed by atoms with Crippen molar-refractivity contribution in [2.24, 2.45) is 0 Å². The van der Waals surface area contributed by atoms with E-state index >= 15 is 0 Å². The Bertz CT molecular complexity index is 1240. The lowest BCUT2D eigenvalue weighted by atomic mass is 9.97. The van der Waals surface area contributed by atoms with Crippen LogP contribution in [0.25, 0.3) is 10.1 Å². The summed E-state index contributed by atoms with van der Waals surface area (Å²) in [4.78, 5) is 28.0. The van der Waals surface area contributed by atoms with Crippen LogP contribution < -0.4 is 14.2 Å². The average Bonchev–Trinajstić information content (AvgIpc) is 3.29. The molecule has 0 unspecified atom stereocenters. The Kier molecular flexibility index (Phi) is 8.32. The molecule has 0 spiro atoms. The summed E-state index contributed by atoms with van der Waals surface area (Å²) in [5.41, 5.74) is 2.91. The standard InChI is InChI=1S/C27H32N2O6S/c1-28(13-9-18-17-36-24-15-19(5-6-20(18)24)35-16-25(30)31)11-4-12-29-14-10-21-22(27(29)32)7-8-23(33-2)26(21)34-3/h5-8,15,17H,4,9-14,16H2,1-3H3,(H,30,31). The lowest BCUT2D eigenvalue weighted by molar-refractivity contribution is -0.139.